The highest BCUT2D eigenvalue weighted by Gasteiger charge is 2.38. The maximum atomic E-state index is 13.5. The zero-order valence-corrected chi connectivity index (χ0v) is 24.2. The first-order valence-corrected chi connectivity index (χ1v) is 14.1. The number of halogens is 3. The van der Waals surface area contributed by atoms with Crippen molar-refractivity contribution < 1.29 is 41.9 Å². The molecule has 1 aliphatic heterocycles. The van der Waals surface area contributed by atoms with Gasteiger partial charge in [-0.3, -0.25) is 24.0 Å². The molecule has 13 heteroatoms. The van der Waals surface area contributed by atoms with E-state index in [-0.39, 0.29) is 31.2 Å². The van der Waals surface area contributed by atoms with Gasteiger partial charge in [0.25, 0.3) is 5.91 Å². The molecule has 2 aliphatic rings. The number of carbonyl (C=O) groups is 5. The van der Waals surface area contributed by atoms with E-state index in [1.165, 1.54) is 12.1 Å². The van der Waals surface area contributed by atoms with Crippen LogP contribution in [0.1, 0.15) is 77.7 Å². The molecule has 1 aromatic carbocycles. The summed E-state index contributed by atoms with van der Waals surface area (Å²) in [5.74, 6) is -4.63. The monoisotopic (exact) mass is 596 g/mol. The van der Waals surface area contributed by atoms with E-state index in [9.17, 15) is 37.1 Å². The third kappa shape index (κ3) is 10.6. The van der Waals surface area contributed by atoms with Crippen molar-refractivity contribution in [2.75, 3.05) is 6.54 Å². The SMILES string of the molecule is CC(CC(=O)N[C@@H](CC(C)(C)C)C(=O)NC(CC1CCNC1=O)C(=O)C(=O)NC1CC1)c1cccc(OC(F)(F)F)c1. The van der Waals surface area contributed by atoms with E-state index in [2.05, 4.69) is 26.0 Å². The highest BCUT2D eigenvalue weighted by molar-refractivity contribution is 6.38. The smallest absolute Gasteiger partial charge is 0.406 e. The summed E-state index contributed by atoms with van der Waals surface area (Å²) in [4.78, 5) is 64.3. The molecule has 4 N–H and O–H groups in total. The maximum absolute atomic E-state index is 13.5. The Bertz CT molecular complexity index is 1180. The fourth-order valence-corrected chi connectivity index (χ4v) is 4.79. The summed E-state index contributed by atoms with van der Waals surface area (Å²) in [6.07, 6.45) is -2.88. The van der Waals surface area contributed by atoms with Crippen LogP contribution in [-0.2, 0) is 24.0 Å². The summed E-state index contributed by atoms with van der Waals surface area (Å²) in [6.45, 7) is 7.68. The summed E-state index contributed by atoms with van der Waals surface area (Å²) >= 11 is 0. The Morgan fingerprint density at radius 3 is 2.31 bits per heavy atom. The third-order valence-electron chi connectivity index (χ3n) is 7.07. The van der Waals surface area contributed by atoms with Crippen molar-refractivity contribution in [2.24, 2.45) is 11.3 Å². The number of nitrogens with one attached hydrogen (secondary N) is 4. The van der Waals surface area contributed by atoms with Gasteiger partial charge in [0.15, 0.2) is 0 Å². The second-order valence-electron chi connectivity index (χ2n) is 12.3. The van der Waals surface area contributed by atoms with E-state index in [0.717, 1.165) is 18.9 Å². The Labute approximate surface area is 242 Å². The van der Waals surface area contributed by atoms with E-state index >= 15 is 0 Å². The normalized spacial score (nSPS) is 19.2. The second-order valence-corrected chi connectivity index (χ2v) is 12.3. The van der Waals surface area contributed by atoms with E-state index in [1.54, 1.807) is 13.0 Å². The molecule has 42 heavy (non-hydrogen) atoms. The van der Waals surface area contributed by atoms with Gasteiger partial charge in [0.1, 0.15) is 11.8 Å². The summed E-state index contributed by atoms with van der Waals surface area (Å²) in [5.41, 5.74) is 0.00384. The molecule has 3 rings (SSSR count). The zero-order valence-electron chi connectivity index (χ0n) is 24.2. The molecule has 1 aliphatic carbocycles. The number of benzene rings is 1. The molecule has 232 valence electrons. The molecule has 1 saturated carbocycles. The van der Waals surface area contributed by atoms with Gasteiger partial charge >= 0.3 is 6.36 Å². The van der Waals surface area contributed by atoms with Gasteiger partial charge < -0.3 is 26.0 Å². The van der Waals surface area contributed by atoms with Gasteiger partial charge in [0, 0.05) is 24.9 Å². The minimum absolute atomic E-state index is 0.0575. The topological polar surface area (TPSA) is 143 Å². The van der Waals surface area contributed by atoms with Crippen LogP contribution in [0.2, 0.25) is 0 Å². The Hall–Kier alpha value is -3.64. The van der Waals surface area contributed by atoms with Gasteiger partial charge in [-0.1, -0.05) is 39.8 Å². The summed E-state index contributed by atoms with van der Waals surface area (Å²) in [6, 6.07) is 2.90. The quantitative estimate of drug-likeness (QED) is 0.258. The van der Waals surface area contributed by atoms with Crippen LogP contribution < -0.4 is 26.0 Å². The first-order chi connectivity index (χ1) is 19.5. The first kappa shape index (κ1) is 32.9. The second kappa shape index (κ2) is 13.6. The molecule has 0 radical (unpaired) electrons. The van der Waals surface area contributed by atoms with Crippen molar-refractivity contribution in [1.29, 1.82) is 0 Å². The van der Waals surface area contributed by atoms with Crippen molar-refractivity contribution in [2.45, 2.75) is 96.6 Å². The summed E-state index contributed by atoms with van der Waals surface area (Å²) in [5, 5.41) is 10.6. The molecule has 10 nitrogen and oxygen atoms in total. The molecule has 4 amide bonds. The number of rotatable bonds is 13. The van der Waals surface area contributed by atoms with Gasteiger partial charge in [-0.05, 0) is 61.1 Å². The molecular formula is C29H39F3N4O6. The van der Waals surface area contributed by atoms with Crippen molar-refractivity contribution in [3.8, 4) is 5.75 Å². The Morgan fingerprint density at radius 2 is 1.74 bits per heavy atom. The van der Waals surface area contributed by atoms with Crippen molar-refractivity contribution in [1.82, 2.24) is 21.3 Å². The van der Waals surface area contributed by atoms with Crippen LogP contribution in [0.4, 0.5) is 13.2 Å². The number of hydrogen-bond acceptors (Lipinski definition) is 6. The summed E-state index contributed by atoms with van der Waals surface area (Å²) in [7, 11) is 0. The standard InChI is InChI=1S/C29H39F3N4O6/c1-16(17-6-5-7-20(13-17)42-29(30,31)32)12-23(37)35-22(15-28(2,3)4)26(40)36-21(14-18-10-11-33-25(18)39)24(38)27(41)34-19-8-9-19/h5-7,13,16,18-19,21-22H,8-12,14-15H2,1-4H3,(H,33,39)(H,34,41)(H,35,37)(H,36,40)/t16?,18?,21?,22-/m0/s1. The largest absolute Gasteiger partial charge is 0.573 e. The van der Waals surface area contributed by atoms with E-state index in [4.69, 9.17) is 0 Å². The van der Waals surface area contributed by atoms with Crippen molar-refractivity contribution in [3.05, 3.63) is 29.8 Å². The zero-order chi connectivity index (χ0) is 31.2. The van der Waals surface area contributed by atoms with E-state index in [0.29, 0.717) is 18.5 Å². The average molecular weight is 597 g/mol. The van der Waals surface area contributed by atoms with Crippen LogP contribution >= 0.6 is 0 Å². The van der Waals surface area contributed by atoms with Crippen molar-refractivity contribution in [3.63, 3.8) is 0 Å². The number of hydrogen-bond donors (Lipinski definition) is 4. The Balaban J connectivity index is 1.71. The van der Waals surface area contributed by atoms with Crippen LogP contribution in [0.3, 0.4) is 0 Å². The molecule has 3 unspecified atom stereocenters. The van der Waals surface area contributed by atoms with Gasteiger partial charge in [0.05, 0.1) is 6.04 Å². The Kier molecular flexibility index (Phi) is 10.6. The fraction of sp³-hybridized carbons (Fsp3) is 0.621. The first-order valence-electron chi connectivity index (χ1n) is 14.1. The minimum atomic E-state index is -4.86. The molecular weight excluding hydrogens is 557 g/mol. The van der Waals surface area contributed by atoms with Crippen LogP contribution in [0, 0.1) is 11.3 Å². The summed E-state index contributed by atoms with van der Waals surface area (Å²) < 4.78 is 41.8. The predicted octanol–water partition coefficient (Wildman–Crippen LogP) is 2.86. The average Bonchev–Trinajstić information content (AvgIpc) is 3.59. The molecule has 0 bridgehead atoms. The lowest BCUT2D eigenvalue weighted by Crippen LogP contribution is -2.55. The van der Waals surface area contributed by atoms with Crippen LogP contribution in [-0.4, -0.2) is 60.4 Å². The molecule has 1 aromatic rings. The number of Topliss-reactive ketones (excluding diaryl/α,β-unsaturated/α-hetero) is 1. The molecule has 1 heterocycles. The van der Waals surface area contributed by atoms with Gasteiger partial charge in [0.2, 0.25) is 23.5 Å². The molecule has 0 aromatic heterocycles. The van der Waals surface area contributed by atoms with Crippen molar-refractivity contribution >= 4 is 29.4 Å². The van der Waals surface area contributed by atoms with Crippen LogP contribution in [0.15, 0.2) is 24.3 Å². The molecule has 0 spiro atoms. The lowest BCUT2D eigenvalue weighted by molar-refractivity contribution is -0.274. The van der Waals surface area contributed by atoms with Crippen LogP contribution in [0.25, 0.3) is 0 Å². The van der Waals surface area contributed by atoms with Gasteiger partial charge in [-0.2, -0.15) is 0 Å². The molecule has 4 atom stereocenters. The number of amides is 4. The number of ketones is 1. The van der Waals surface area contributed by atoms with Crippen LogP contribution in [0.5, 0.6) is 5.75 Å². The van der Waals surface area contributed by atoms with Gasteiger partial charge in [-0.15, -0.1) is 13.2 Å². The van der Waals surface area contributed by atoms with Gasteiger partial charge in [-0.25, -0.2) is 0 Å². The number of alkyl halides is 3. The van der Waals surface area contributed by atoms with E-state index in [1.807, 2.05) is 20.8 Å². The Morgan fingerprint density at radius 1 is 1.05 bits per heavy atom. The predicted molar refractivity (Wildman–Crippen MR) is 146 cm³/mol. The highest BCUT2D eigenvalue weighted by Crippen LogP contribution is 2.28. The lowest BCUT2D eigenvalue weighted by Gasteiger charge is -2.28. The number of ether oxygens (including phenoxy) is 1. The lowest BCUT2D eigenvalue weighted by atomic mass is 9.87. The van der Waals surface area contributed by atoms with E-state index < -0.39 is 65.0 Å². The maximum Gasteiger partial charge on any atom is 0.573 e. The molecule has 1 saturated heterocycles. The minimum Gasteiger partial charge on any atom is -0.406 e. The number of carbonyl (C=O) groups excluding carboxylic acids is 5. The third-order valence-corrected chi connectivity index (χ3v) is 7.07. The fourth-order valence-electron chi connectivity index (χ4n) is 4.79. The highest BCUT2D eigenvalue weighted by atomic mass is 19.4. The molecule has 2 fully saturated rings.